The highest BCUT2D eigenvalue weighted by molar-refractivity contribution is 7.16. The number of likely N-dealkylation sites (tertiary alicyclic amines) is 1. The maximum absolute atomic E-state index is 13.4. The molecule has 0 radical (unpaired) electrons. The first-order valence-corrected chi connectivity index (χ1v) is 11.0. The molecular weight excluding hydrogens is 399 g/mol. The maximum Gasteiger partial charge on any atom is 0.241 e. The second kappa shape index (κ2) is 8.08. The number of piperidine rings is 1. The lowest BCUT2D eigenvalue weighted by molar-refractivity contribution is -0.122. The molecule has 5 nitrogen and oxygen atoms in total. The van der Waals surface area contributed by atoms with E-state index in [1.807, 2.05) is 35.8 Å². The van der Waals surface area contributed by atoms with Gasteiger partial charge in [-0.05, 0) is 61.9 Å². The quantitative estimate of drug-likeness (QED) is 0.506. The summed E-state index contributed by atoms with van der Waals surface area (Å²) >= 11 is 1.56. The summed E-state index contributed by atoms with van der Waals surface area (Å²) in [6.45, 7) is 1.45. The fraction of sp³-hybridized carbons (Fsp3) is 0.261. The van der Waals surface area contributed by atoms with Gasteiger partial charge in [-0.1, -0.05) is 12.5 Å². The Labute approximate surface area is 177 Å². The first-order valence-electron chi connectivity index (χ1n) is 10.1. The highest BCUT2D eigenvalue weighted by Crippen LogP contribution is 2.25. The molecule has 152 valence electrons. The van der Waals surface area contributed by atoms with E-state index in [0.29, 0.717) is 6.54 Å². The number of anilines is 1. The van der Waals surface area contributed by atoms with Crippen LogP contribution in [0.2, 0.25) is 0 Å². The van der Waals surface area contributed by atoms with Crippen LogP contribution in [-0.4, -0.2) is 33.4 Å². The molecule has 1 atom stereocenters. The van der Waals surface area contributed by atoms with E-state index in [1.54, 1.807) is 17.4 Å². The van der Waals surface area contributed by atoms with E-state index < -0.39 is 0 Å². The number of rotatable bonds is 4. The van der Waals surface area contributed by atoms with Gasteiger partial charge in [0, 0.05) is 17.6 Å². The Hall–Kier alpha value is -2.90. The van der Waals surface area contributed by atoms with Crippen molar-refractivity contribution in [1.82, 2.24) is 14.9 Å². The van der Waals surface area contributed by atoms with Gasteiger partial charge in [-0.2, -0.15) is 0 Å². The fourth-order valence-electron chi connectivity index (χ4n) is 4.07. The maximum atomic E-state index is 13.4. The number of nitrogens with one attached hydrogen (secondary N) is 1. The standard InChI is InChI=1S/C23H21FN4OS/c24-16-5-8-19-15(11-16)4-6-18(26-19)13-28-10-2-1-3-21(28)23(29)27-17-7-9-20-22(12-17)30-14-25-20/h4-9,11-12,14,21H,1-3,10,13H2,(H,27,29). The van der Waals surface area contributed by atoms with Crippen LogP contribution in [0.5, 0.6) is 0 Å². The topological polar surface area (TPSA) is 58.1 Å². The number of aromatic nitrogens is 2. The van der Waals surface area contributed by atoms with Crippen LogP contribution in [0.15, 0.2) is 54.0 Å². The lowest BCUT2D eigenvalue weighted by Crippen LogP contribution is -2.46. The number of thiazole rings is 1. The second-order valence-electron chi connectivity index (χ2n) is 7.65. The van der Waals surface area contributed by atoms with Crippen LogP contribution in [0.4, 0.5) is 10.1 Å². The number of benzene rings is 2. The number of halogens is 1. The van der Waals surface area contributed by atoms with Crippen LogP contribution in [-0.2, 0) is 11.3 Å². The number of nitrogens with zero attached hydrogens (tertiary/aromatic N) is 3. The van der Waals surface area contributed by atoms with Gasteiger partial charge < -0.3 is 5.32 Å². The van der Waals surface area contributed by atoms with E-state index in [-0.39, 0.29) is 17.8 Å². The molecule has 1 fully saturated rings. The predicted octanol–water partition coefficient (Wildman–Crippen LogP) is 4.98. The Bertz CT molecular complexity index is 1220. The van der Waals surface area contributed by atoms with Crippen molar-refractivity contribution < 1.29 is 9.18 Å². The minimum absolute atomic E-state index is 0.0152. The highest BCUT2D eigenvalue weighted by Gasteiger charge is 2.29. The summed E-state index contributed by atoms with van der Waals surface area (Å²) in [7, 11) is 0. The Kier molecular flexibility index (Phi) is 5.14. The first kappa shape index (κ1) is 19.1. The Balaban J connectivity index is 1.33. The molecule has 1 amide bonds. The molecule has 4 aromatic rings. The average molecular weight is 421 g/mol. The molecule has 5 rings (SSSR count). The normalized spacial score (nSPS) is 17.4. The van der Waals surface area contributed by atoms with Gasteiger partial charge in [0.05, 0.1) is 33.0 Å². The van der Waals surface area contributed by atoms with Crippen LogP contribution in [0.3, 0.4) is 0 Å². The minimum atomic E-state index is -0.263. The van der Waals surface area contributed by atoms with Crippen molar-refractivity contribution in [1.29, 1.82) is 0 Å². The van der Waals surface area contributed by atoms with Gasteiger partial charge in [0.1, 0.15) is 5.82 Å². The van der Waals surface area contributed by atoms with Gasteiger partial charge in [-0.3, -0.25) is 14.7 Å². The molecule has 0 saturated carbocycles. The SMILES string of the molecule is O=C(Nc1ccc2ncsc2c1)C1CCCCN1Cc1ccc2cc(F)ccc2n1. The lowest BCUT2D eigenvalue weighted by atomic mass is 10.0. The lowest BCUT2D eigenvalue weighted by Gasteiger charge is -2.34. The molecule has 1 saturated heterocycles. The van der Waals surface area contributed by atoms with Crippen LogP contribution in [0.25, 0.3) is 21.1 Å². The Morgan fingerprint density at radius 3 is 2.97 bits per heavy atom. The molecule has 2 aromatic carbocycles. The van der Waals surface area contributed by atoms with E-state index in [4.69, 9.17) is 0 Å². The van der Waals surface area contributed by atoms with E-state index >= 15 is 0 Å². The van der Waals surface area contributed by atoms with Crippen molar-refractivity contribution in [3.63, 3.8) is 0 Å². The van der Waals surface area contributed by atoms with Gasteiger partial charge in [0.15, 0.2) is 0 Å². The van der Waals surface area contributed by atoms with Gasteiger partial charge in [0.25, 0.3) is 0 Å². The molecule has 0 bridgehead atoms. The smallest absolute Gasteiger partial charge is 0.241 e. The Morgan fingerprint density at radius 1 is 1.13 bits per heavy atom. The Morgan fingerprint density at radius 2 is 2.03 bits per heavy atom. The van der Waals surface area contributed by atoms with Crippen molar-refractivity contribution >= 4 is 44.1 Å². The molecule has 1 aliphatic rings. The van der Waals surface area contributed by atoms with Crippen molar-refractivity contribution in [2.45, 2.75) is 31.8 Å². The van der Waals surface area contributed by atoms with E-state index in [2.05, 4.69) is 20.2 Å². The van der Waals surface area contributed by atoms with Crippen LogP contribution < -0.4 is 5.32 Å². The predicted molar refractivity (Wildman–Crippen MR) is 118 cm³/mol. The molecule has 30 heavy (non-hydrogen) atoms. The summed E-state index contributed by atoms with van der Waals surface area (Å²) in [5, 5.41) is 3.86. The number of carbonyl (C=O) groups is 1. The molecule has 7 heteroatoms. The van der Waals surface area contributed by atoms with E-state index in [0.717, 1.165) is 58.3 Å². The summed E-state index contributed by atoms with van der Waals surface area (Å²) in [5.41, 5.74) is 5.21. The summed E-state index contributed by atoms with van der Waals surface area (Å²) in [4.78, 5) is 24.2. The zero-order valence-corrected chi connectivity index (χ0v) is 17.2. The molecule has 1 N–H and O–H groups in total. The van der Waals surface area contributed by atoms with Crippen molar-refractivity contribution in [3.05, 3.63) is 65.6 Å². The molecular formula is C23H21FN4OS. The summed E-state index contributed by atoms with van der Waals surface area (Å²) in [5.74, 6) is -0.247. The van der Waals surface area contributed by atoms with Gasteiger partial charge in [-0.15, -0.1) is 11.3 Å². The molecule has 1 aliphatic heterocycles. The number of carbonyl (C=O) groups excluding carboxylic acids is 1. The van der Waals surface area contributed by atoms with Crippen molar-refractivity contribution in [3.8, 4) is 0 Å². The highest BCUT2D eigenvalue weighted by atomic mass is 32.1. The first-order chi connectivity index (χ1) is 14.7. The van der Waals surface area contributed by atoms with Crippen LogP contribution in [0.1, 0.15) is 25.0 Å². The third kappa shape index (κ3) is 3.91. The summed E-state index contributed by atoms with van der Waals surface area (Å²) in [6, 6.07) is 14.0. The minimum Gasteiger partial charge on any atom is -0.325 e. The van der Waals surface area contributed by atoms with Crippen molar-refractivity contribution in [2.75, 3.05) is 11.9 Å². The summed E-state index contributed by atoms with van der Waals surface area (Å²) in [6.07, 6.45) is 2.93. The molecule has 0 aliphatic carbocycles. The van der Waals surface area contributed by atoms with Gasteiger partial charge in [0.2, 0.25) is 5.91 Å². The molecule has 0 spiro atoms. The number of amides is 1. The fourth-order valence-corrected chi connectivity index (χ4v) is 4.79. The van der Waals surface area contributed by atoms with Crippen LogP contribution >= 0.6 is 11.3 Å². The second-order valence-corrected chi connectivity index (χ2v) is 8.53. The van der Waals surface area contributed by atoms with Crippen LogP contribution in [0, 0.1) is 5.82 Å². The van der Waals surface area contributed by atoms with Gasteiger partial charge in [-0.25, -0.2) is 9.37 Å². The molecule has 2 aromatic heterocycles. The summed E-state index contributed by atoms with van der Waals surface area (Å²) < 4.78 is 14.5. The van der Waals surface area contributed by atoms with Crippen molar-refractivity contribution in [2.24, 2.45) is 0 Å². The number of pyridine rings is 1. The molecule has 1 unspecified atom stereocenters. The number of hydrogen-bond donors (Lipinski definition) is 1. The largest absolute Gasteiger partial charge is 0.325 e. The monoisotopic (exact) mass is 420 g/mol. The third-order valence-electron chi connectivity index (χ3n) is 5.59. The third-order valence-corrected chi connectivity index (χ3v) is 6.38. The van der Waals surface area contributed by atoms with Gasteiger partial charge >= 0.3 is 0 Å². The van der Waals surface area contributed by atoms with E-state index in [1.165, 1.54) is 12.1 Å². The number of hydrogen-bond acceptors (Lipinski definition) is 5. The zero-order chi connectivity index (χ0) is 20.5. The number of fused-ring (bicyclic) bond motifs is 2. The van der Waals surface area contributed by atoms with E-state index in [9.17, 15) is 9.18 Å². The molecule has 3 heterocycles. The average Bonchev–Trinajstić information content (AvgIpc) is 3.22. The zero-order valence-electron chi connectivity index (χ0n) is 16.3.